The van der Waals surface area contributed by atoms with Crippen molar-refractivity contribution in [2.24, 2.45) is 5.73 Å². The van der Waals surface area contributed by atoms with Gasteiger partial charge in [0.1, 0.15) is 11.9 Å². The van der Waals surface area contributed by atoms with E-state index in [1.165, 1.54) is 10.9 Å². The molecule has 0 aliphatic carbocycles. The van der Waals surface area contributed by atoms with Crippen molar-refractivity contribution in [3.63, 3.8) is 0 Å². The van der Waals surface area contributed by atoms with E-state index in [9.17, 15) is 14.4 Å². The number of aromatic nitrogens is 2. The van der Waals surface area contributed by atoms with Crippen LogP contribution in [-0.2, 0) is 20.8 Å². The fourth-order valence-electron chi connectivity index (χ4n) is 4.84. The molecule has 0 unspecified atom stereocenters. The Morgan fingerprint density at radius 1 is 0.860 bits per heavy atom. The summed E-state index contributed by atoms with van der Waals surface area (Å²) >= 11 is 0. The summed E-state index contributed by atoms with van der Waals surface area (Å²) in [4.78, 5) is 42.7. The standard InChI is InChI=1S/C32H33N5O6/c1-19-8-12-22(13-9-19)31(39)42-26-24(17-35-16-21-6-4-3-5-7-21)41-30(37-18-36-25(28(37)33)29(34)38)27(26)43-32(40)23-14-10-20(2)11-15-23/h3-15,18,24,26-27,30,35H,16-17,33H2,1-2H3,(H2,34,38)/t24-,26-,27-,30-/m1/s1. The molecule has 5 N–H and O–H groups in total. The molecular weight excluding hydrogens is 550 g/mol. The number of rotatable bonds is 10. The molecule has 1 aromatic heterocycles. The number of anilines is 1. The molecule has 4 aromatic rings. The Morgan fingerprint density at radius 3 is 1.95 bits per heavy atom. The predicted octanol–water partition coefficient (Wildman–Crippen LogP) is 3.32. The van der Waals surface area contributed by atoms with Gasteiger partial charge in [-0.05, 0) is 43.7 Å². The third kappa shape index (κ3) is 6.74. The SMILES string of the molecule is Cc1ccc(C(=O)O[C@@H]2[C@H](OC(=O)c3ccc(C)cc3)[C@@H](CNCc3ccccc3)O[C@H]2n2cnc(C(N)=O)c2N)cc1. The van der Waals surface area contributed by atoms with Crippen molar-refractivity contribution in [1.29, 1.82) is 0 Å². The van der Waals surface area contributed by atoms with Gasteiger partial charge < -0.3 is 31.0 Å². The number of esters is 2. The van der Waals surface area contributed by atoms with E-state index in [0.717, 1.165) is 16.7 Å². The molecule has 0 radical (unpaired) electrons. The van der Waals surface area contributed by atoms with Gasteiger partial charge in [-0.2, -0.15) is 0 Å². The third-order valence-electron chi connectivity index (χ3n) is 7.20. The highest BCUT2D eigenvalue weighted by atomic mass is 16.6. The number of nitrogens with two attached hydrogens (primary N) is 2. The van der Waals surface area contributed by atoms with E-state index in [1.807, 2.05) is 44.2 Å². The lowest BCUT2D eigenvalue weighted by Crippen LogP contribution is -2.43. The molecule has 1 aliphatic rings. The number of hydrogen-bond acceptors (Lipinski definition) is 9. The number of hydrogen-bond donors (Lipinski definition) is 3. The largest absolute Gasteiger partial charge is 0.452 e. The minimum absolute atomic E-state index is 0.0737. The Hall–Kier alpha value is -5.00. The maximum atomic E-state index is 13.4. The lowest BCUT2D eigenvalue weighted by molar-refractivity contribution is -0.0492. The number of nitrogens with zero attached hydrogens (tertiary/aromatic N) is 2. The molecule has 2 heterocycles. The number of nitrogen functional groups attached to an aromatic ring is 1. The minimum atomic E-state index is -1.16. The summed E-state index contributed by atoms with van der Waals surface area (Å²) in [5.41, 5.74) is 15.1. The van der Waals surface area contributed by atoms with Crippen molar-refractivity contribution < 1.29 is 28.6 Å². The van der Waals surface area contributed by atoms with Crippen molar-refractivity contribution in [2.75, 3.05) is 12.3 Å². The number of benzene rings is 3. The zero-order chi connectivity index (χ0) is 30.5. The van der Waals surface area contributed by atoms with E-state index in [0.29, 0.717) is 17.7 Å². The van der Waals surface area contributed by atoms with Gasteiger partial charge in [0.05, 0.1) is 17.5 Å². The second-order valence-electron chi connectivity index (χ2n) is 10.4. The summed E-state index contributed by atoms with van der Waals surface area (Å²) in [6.45, 7) is 4.56. The lowest BCUT2D eigenvalue weighted by atomic mass is 10.1. The molecule has 5 rings (SSSR count). The second-order valence-corrected chi connectivity index (χ2v) is 10.4. The monoisotopic (exact) mass is 583 g/mol. The first-order valence-electron chi connectivity index (χ1n) is 13.8. The van der Waals surface area contributed by atoms with Gasteiger partial charge in [-0.1, -0.05) is 65.7 Å². The molecular formula is C32H33N5O6. The molecule has 11 nitrogen and oxygen atoms in total. The van der Waals surface area contributed by atoms with Crippen LogP contribution in [0.15, 0.2) is 85.2 Å². The summed E-state index contributed by atoms with van der Waals surface area (Å²) in [5, 5.41) is 3.33. The number of primary amides is 1. The quantitative estimate of drug-likeness (QED) is 0.238. The van der Waals surface area contributed by atoms with Crippen LogP contribution in [0.2, 0.25) is 0 Å². The van der Waals surface area contributed by atoms with Crippen LogP contribution >= 0.6 is 0 Å². The lowest BCUT2D eigenvalue weighted by Gasteiger charge is -2.25. The smallest absolute Gasteiger partial charge is 0.338 e. The first-order chi connectivity index (χ1) is 20.7. The molecule has 0 saturated carbocycles. The van der Waals surface area contributed by atoms with Crippen molar-refractivity contribution in [2.45, 2.75) is 44.9 Å². The summed E-state index contributed by atoms with van der Waals surface area (Å²) < 4.78 is 19.8. The van der Waals surface area contributed by atoms with E-state index < -0.39 is 42.4 Å². The normalized spacial score (nSPS) is 19.6. The number of imidazole rings is 1. The zero-order valence-electron chi connectivity index (χ0n) is 23.8. The van der Waals surface area contributed by atoms with Gasteiger partial charge in [-0.25, -0.2) is 14.6 Å². The summed E-state index contributed by atoms with van der Waals surface area (Å²) in [5.74, 6) is -2.17. The summed E-state index contributed by atoms with van der Waals surface area (Å²) in [6.07, 6.45) is -2.81. The minimum Gasteiger partial charge on any atom is -0.452 e. The first kappa shape index (κ1) is 29.5. The van der Waals surface area contributed by atoms with Crippen LogP contribution in [0.5, 0.6) is 0 Å². The molecule has 1 saturated heterocycles. The number of carbonyl (C=O) groups is 3. The van der Waals surface area contributed by atoms with Gasteiger partial charge >= 0.3 is 11.9 Å². The van der Waals surface area contributed by atoms with Crippen LogP contribution in [-0.4, -0.2) is 52.3 Å². The van der Waals surface area contributed by atoms with Gasteiger partial charge in [0.25, 0.3) is 5.91 Å². The molecule has 1 aliphatic heterocycles. The van der Waals surface area contributed by atoms with Crippen LogP contribution in [0.4, 0.5) is 5.82 Å². The van der Waals surface area contributed by atoms with Crippen LogP contribution in [0.25, 0.3) is 0 Å². The first-order valence-corrected chi connectivity index (χ1v) is 13.8. The average Bonchev–Trinajstić information content (AvgIpc) is 3.54. The molecule has 4 atom stereocenters. The topological polar surface area (TPSA) is 161 Å². The highest BCUT2D eigenvalue weighted by Crippen LogP contribution is 2.36. The Labute approximate surface area is 248 Å². The van der Waals surface area contributed by atoms with E-state index in [-0.39, 0.29) is 18.1 Å². The molecule has 43 heavy (non-hydrogen) atoms. The molecule has 1 amide bonds. The summed E-state index contributed by atoms with van der Waals surface area (Å²) in [6, 6.07) is 23.5. The van der Waals surface area contributed by atoms with Gasteiger partial charge in [-0.15, -0.1) is 0 Å². The molecule has 1 fully saturated rings. The molecule has 0 bridgehead atoms. The number of ether oxygens (including phenoxy) is 3. The molecule has 222 valence electrons. The molecule has 3 aromatic carbocycles. The van der Waals surface area contributed by atoms with Crippen LogP contribution in [0.3, 0.4) is 0 Å². The van der Waals surface area contributed by atoms with E-state index in [1.54, 1.807) is 48.5 Å². The van der Waals surface area contributed by atoms with Crippen molar-refractivity contribution in [3.8, 4) is 0 Å². The fourth-order valence-corrected chi connectivity index (χ4v) is 4.84. The Balaban J connectivity index is 1.48. The van der Waals surface area contributed by atoms with Crippen molar-refractivity contribution >= 4 is 23.7 Å². The highest BCUT2D eigenvalue weighted by molar-refractivity contribution is 5.95. The van der Waals surface area contributed by atoms with Crippen LogP contribution < -0.4 is 16.8 Å². The van der Waals surface area contributed by atoms with Gasteiger partial charge in [0.2, 0.25) is 0 Å². The van der Waals surface area contributed by atoms with Crippen LogP contribution in [0, 0.1) is 13.8 Å². The maximum Gasteiger partial charge on any atom is 0.338 e. The molecule has 11 heteroatoms. The van der Waals surface area contributed by atoms with Gasteiger partial charge in [0.15, 0.2) is 24.1 Å². The zero-order valence-corrected chi connectivity index (χ0v) is 23.8. The van der Waals surface area contributed by atoms with E-state index in [2.05, 4.69) is 10.3 Å². The van der Waals surface area contributed by atoms with Crippen LogP contribution in [0.1, 0.15) is 54.1 Å². The number of nitrogens with one attached hydrogen (secondary N) is 1. The highest BCUT2D eigenvalue weighted by Gasteiger charge is 2.51. The number of amides is 1. The number of aryl methyl sites for hydroxylation is 2. The van der Waals surface area contributed by atoms with Crippen molar-refractivity contribution in [3.05, 3.63) is 119 Å². The number of carbonyl (C=O) groups excluding carboxylic acids is 3. The molecule has 0 spiro atoms. The third-order valence-corrected chi connectivity index (χ3v) is 7.20. The Kier molecular flexibility index (Phi) is 8.84. The Morgan fingerprint density at radius 2 is 1.42 bits per heavy atom. The van der Waals surface area contributed by atoms with E-state index >= 15 is 0 Å². The maximum absolute atomic E-state index is 13.4. The predicted molar refractivity (Wildman–Crippen MR) is 158 cm³/mol. The average molecular weight is 584 g/mol. The fraction of sp³-hybridized carbons (Fsp3) is 0.250. The Bertz CT molecular complexity index is 1590. The second kappa shape index (κ2) is 12.9. The van der Waals surface area contributed by atoms with Gasteiger partial charge in [0, 0.05) is 13.1 Å². The van der Waals surface area contributed by atoms with Crippen molar-refractivity contribution in [1.82, 2.24) is 14.9 Å². The van der Waals surface area contributed by atoms with E-state index in [4.69, 9.17) is 25.7 Å². The van der Waals surface area contributed by atoms with Gasteiger partial charge in [-0.3, -0.25) is 9.36 Å². The summed E-state index contributed by atoms with van der Waals surface area (Å²) in [7, 11) is 0.